The lowest BCUT2D eigenvalue weighted by molar-refractivity contribution is 0.410. The number of nitrogens with zero attached hydrogens (tertiary/aromatic N) is 1. The molecule has 0 aliphatic heterocycles. The summed E-state index contributed by atoms with van der Waals surface area (Å²) in [6.45, 7) is 0.740. The second-order valence-corrected chi connectivity index (χ2v) is 6.62. The largest absolute Gasteiger partial charge is 0.496 e. The molecular weight excluding hydrogens is 300 g/mol. The maximum absolute atomic E-state index is 5.37. The zero-order chi connectivity index (χ0) is 14.7. The van der Waals surface area contributed by atoms with Crippen molar-refractivity contribution < 1.29 is 4.74 Å². The Morgan fingerprint density at radius 1 is 1.24 bits per heavy atom. The van der Waals surface area contributed by atoms with Crippen LogP contribution in [0, 0.1) is 0 Å². The number of para-hydroxylation sites is 1. The van der Waals surface area contributed by atoms with Crippen molar-refractivity contribution in [1.82, 2.24) is 4.98 Å². The molecule has 0 unspecified atom stereocenters. The van der Waals surface area contributed by atoms with Gasteiger partial charge in [-0.3, -0.25) is 0 Å². The van der Waals surface area contributed by atoms with Gasteiger partial charge < -0.3 is 10.1 Å². The highest BCUT2D eigenvalue weighted by atomic mass is 32.2. The van der Waals surface area contributed by atoms with Crippen LogP contribution in [-0.2, 0) is 6.54 Å². The molecule has 0 atom stereocenters. The maximum Gasteiger partial charge on any atom is 0.150 e. The average molecular weight is 316 g/mol. The van der Waals surface area contributed by atoms with E-state index in [2.05, 4.69) is 40.8 Å². The molecule has 3 rings (SSSR count). The Bertz CT molecular complexity index is 755. The Morgan fingerprint density at radius 3 is 2.90 bits per heavy atom. The number of ether oxygens (including phenoxy) is 1. The molecule has 0 spiro atoms. The van der Waals surface area contributed by atoms with E-state index in [1.807, 2.05) is 18.2 Å². The fourth-order valence-corrected chi connectivity index (χ4v) is 3.68. The topological polar surface area (TPSA) is 34.1 Å². The minimum atomic E-state index is 0.740. The predicted octanol–water partition coefficient (Wildman–Crippen LogP) is 4.64. The Labute approximate surface area is 132 Å². The third kappa shape index (κ3) is 3.14. The lowest BCUT2D eigenvalue weighted by Gasteiger charge is -2.10. The van der Waals surface area contributed by atoms with E-state index in [4.69, 9.17) is 4.74 Å². The second-order valence-electron chi connectivity index (χ2n) is 4.53. The Hall–Kier alpha value is -1.72. The molecule has 0 bridgehead atoms. The van der Waals surface area contributed by atoms with Crippen LogP contribution in [0.3, 0.4) is 0 Å². The van der Waals surface area contributed by atoms with Gasteiger partial charge in [-0.15, -0.1) is 11.3 Å². The molecule has 1 heterocycles. The molecule has 21 heavy (non-hydrogen) atoms. The molecule has 0 radical (unpaired) electrons. The first kappa shape index (κ1) is 14.2. The van der Waals surface area contributed by atoms with Crippen molar-refractivity contribution in [1.29, 1.82) is 0 Å². The van der Waals surface area contributed by atoms with Gasteiger partial charge in [0.15, 0.2) is 4.34 Å². The van der Waals surface area contributed by atoms with E-state index >= 15 is 0 Å². The summed E-state index contributed by atoms with van der Waals surface area (Å²) in [5, 5.41) is 3.45. The van der Waals surface area contributed by atoms with Crippen molar-refractivity contribution in [3.05, 3.63) is 48.0 Å². The summed E-state index contributed by atoms with van der Waals surface area (Å²) in [5.41, 5.74) is 3.31. The number of anilines is 1. The number of fused-ring (bicyclic) bond motifs is 1. The van der Waals surface area contributed by atoms with Gasteiger partial charge >= 0.3 is 0 Å². The van der Waals surface area contributed by atoms with E-state index in [0.29, 0.717) is 0 Å². The SMILES string of the molecule is COc1ccccc1CNc1ccc2nc(SC)sc2c1. The number of nitrogens with one attached hydrogen (secondary N) is 1. The van der Waals surface area contributed by atoms with Gasteiger partial charge in [0.05, 0.1) is 17.3 Å². The highest BCUT2D eigenvalue weighted by Gasteiger charge is 2.05. The fourth-order valence-electron chi connectivity index (χ4n) is 2.15. The lowest BCUT2D eigenvalue weighted by atomic mass is 10.2. The summed E-state index contributed by atoms with van der Waals surface area (Å²) in [7, 11) is 1.70. The number of hydrogen-bond donors (Lipinski definition) is 1. The van der Waals surface area contributed by atoms with E-state index in [-0.39, 0.29) is 0 Å². The van der Waals surface area contributed by atoms with Gasteiger partial charge in [0.25, 0.3) is 0 Å². The quantitative estimate of drug-likeness (QED) is 0.695. The number of methoxy groups -OCH3 is 1. The molecule has 0 aliphatic carbocycles. The van der Waals surface area contributed by atoms with Gasteiger partial charge in [0, 0.05) is 17.8 Å². The molecule has 1 aromatic heterocycles. The highest BCUT2D eigenvalue weighted by Crippen LogP contribution is 2.30. The highest BCUT2D eigenvalue weighted by molar-refractivity contribution is 8.00. The monoisotopic (exact) mass is 316 g/mol. The van der Waals surface area contributed by atoms with Gasteiger partial charge in [-0.1, -0.05) is 30.0 Å². The number of benzene rings is 2. The summed E-state index contributed by atoms with van der Waals surface area (Å²) in [6, 6.07) is 14.4. The molecule has 0 fully saturated rings. The van der Waals surface area contributed by atoms with Crippen LogP contribution in [0.1, 0.15) is 5.56 Å². The summed E-state index contributed by atoms with van der Waals surface area (Å²) in [4.78, 5) is 4.55. The van der Waals surface area contributed by atoms with Gasteiger partial charge in [-0.25, -0.2) is 4.98 Å². The molecule has 0 saturated carbocycles. The average Bonchev–Trinajstić information content (AvgIpc) is 2.95. The standard InChI is InChI=1S/C16H16N2OS2/c1-19-14-6-4-3-5-11(14)10-17-12-7-8-13-15(9-12)21-16(18-13)20-2/h3-9,17H,10H2,1-2H3. The number of rotatable bonds is 5. The Balaban J connectivity index is 1.78. The molecular formula is C16H16N2OS2. The summed E-state index contributed by atoms with van der Waals surface area (Å²) < 4.78 is 7.69. The smallest absolute Gasteiger partial charge is 0.150 e. The third-order valence-corrected chi connectivity index (χ3v) is 5.22. The van der Waals surface area contributed by atoms with Crippen molar-refractivity contribution in [3.8, 4) is 5.75 Å². The minimum Gasteiger partial charge on any atom is -0.496 e. The van der Waals surface area contributed by atoms with Crippen LogP contribution in [0.15, 0.2) is 46.8 Å². The van der Waals surface area contributed by atoms with Crippen LogP contribution >= 0.6 is 23.1 Å². The second kappa shape index (κ2) is 6.37. The Morgan fingerprint density at radius 2 is 2.10 bits per heavy atom. The zero-order valence-electron chi connectivity index (χ0n) is 11.9. The van der Waals surface area contributed by atoms with Crippen LogP contribution in [0.2, 0.25) is 0 Å². The van der Waals surface area contributed by atoms with E-state index < -0.39 is 0 Å². The first-order valence-corrected chi connectivity index (χ1v) is 8.64. The zero-order valence-corrected chi connectivity index (χ0v) is 13.6. The van der Waals surface area contributed by atoms with Crippen molar-refractivity contribution in [2.45, 2.75) is 10.9 Å². The molecule has 2 aromatic carbocycles. The maximum atomic E-state index is 5.37. The van der Waals surface area contributed by atoms with Crippen LogP contribution in [0.25, 0.3) is 10.2 Å². The number of aromatic nitrogens is 1. The van der Waals surface area contributed by atoms with Crippen LogP contribution in [-0.4, -0.2) is 18.3 Å². The van der Waals surface area contributed by atoms with Gasteiger partial charge in [-0.05, 0) is 30.5 Å². The van der Waals surface area contributed by atoms with E-state index in [9.17, 15) is 0 Å². The van der Waals surface area contributed by atoms with Gasteiger partial charge in [0.2, 0.25) is 0 Å². The molecule has 108 valence electrons. The van der Waals surface area contributed by atoms with E-state index in [1.54, 1.807) is 30.2 Å². The molecule has 5 heteroatoms. The molecule has 3 aromatic rings. The molecule has 3 nitrogen and oxygen atoms in total. The van der Waals surface area contributed by atoms with Crippen molar-refractivity contribution in [2.24, 2.45) is 0 Å². The fraction of sp³-hybridized carbons (Fsp3) is 0.188. The first-order chi connectivity index (χ1) is 10.3. The number of thioether (sulfide) groups is 1. The summed E-state index contributed by atoms with van der Waals surface area (Å²) in [6.07, 6.45) is 2.05. The molecule has 1 N–H and O–H groups in total. The van der Waals surface area contributed by atoms with Gasteiger partial charge in [0.1, 0.15) is 5.75 Å². The summed E-state index contributed by atoms with van der Waals surface area (Å²) in [5.74, 6) is 0.911. The Kier molecular flexibility index (Phi) is 4.31. The molecule has 0 amide bonds. The predicted molar refractivity (Wildman–Crippen MR) is 91.7 cm³/mol. The van der Waals surface area contributed by atoms with Crippen LogP contribution in [0.5, 0.6) is 5.75 Å². The normalized spacial score (nSPS) is 10.8. The third-order valence-electron chi connectivity index (χ3n) is 3.22. The van der Waals surface area contributed by atoms with Crippen molar-refractivity contribution >= 4 is 39.0 Å². The van der Waals surface area contributed by atoms with Crippen LogP contribution < -0.4 is 10.1 Å². The molecule has 0 saturated heterocycles. The number of hydrogen-bond acceptors (Lipinski definition) is 5. The van der Waals surface area contributed by atoms with Crippen LogP contribution in [0.4, 0.5) is 5.69 Å². The van der Waals surface area contributed by atoms with E-state index in [1.165, 1.54) is 4.70 Å². The van der Waals surface area contributed by atoms with Crippen molar-refractivity contribution in [2.75, 3.05) is 18.7 Å². The van der Waals surface area contributed by atoms with Gasteiger partial charge in [-0.2, -0.15) is 0 Å². The minimum absolute atomic E-state index is 0.740. The number of thiazole rings is 1. The first-order valence-electron chi connectivity index (χ1n) is 6.60. The van der Waals surface area contributed by atoms with Crippen molar-refractivity contribution in [3.63, 3.8) is 0 Å². The molecule has 0 aliphatic rings. The lowest BCUT2D eigenvalue weighted by Crippen LogP contribution is -2.01. The summed E-state index contributed by atoms with van der Waals surface area (Å²) >= 11 is 3.41. The van der Waals surface area contributed by atoms with E-state index in [0.717, 1.165) is 33.4 Å².